The fourth-order valence-electron chi connectivity index (χ4n) is 1.09. The number of nitrogens with zero attached hydrogens (tertiary/aromatic N) is 1. The number of alkyl halides is 3. The zero-order chi connectivity index (χ0) is 12.2. The number of halogens is 3. The van der Waals surface area contributed by atoms with Crippen LogP contribution in [-0.4, -0.2) is 19.0 Å². The zero-order valence-corrected chi connectivity index (χ0v) is 8.12. The number of carbonyl (C=O) groups excluding carboxylic acids is 1. The Bertz CT molecular complexity index is 401. The van der Waals surface area contributed by atoms with Gasteiger partial charge in [-0.1, -0.05) is 18.2 Å². The normalized spacial score (nSPS) is 10.9. The standard InChI is InChI=1S/C10H8F3NO2/c1-14-9(15)6-7-4-2-3-5-8(7)16-10(11,12)13/h2-5H,1,6H2. The largest absolute Gasteiger partial charge is 0.573 e. The van der Waals surface area contributed by atoms with Gasteiger partial charge in [-0.25, -0.2) is 4.99 Å². The lowest BCUT2D eigenvalue weighted by Gasteiger charge is -2.11. The number of rotatable bonds is 3. The summed E-state index contributed by atoms with van der Waals surface area (Å²) in [6.45, 7) is 3.00. The minimum atomic E-state index is -4.78. The van der Waals surface area contributed by atoms with Crippen molar-refractivity contribution in [3.63, 3.8) is 0 Å². The Morgan fingerprint density at radius 1 is 1.38 bits per heavy atom. The lowest BCUT2D eigenvalue weighted by molar-refractivity contribution is -0.274. The molecule has 0 atom stereocenters. The van der Waals surface area contributed by atoms with Gasteiger partial charge in [-0.05, 0) is 12.8 Å². The number of carbonyl (C=O) groups is 1. The molecule has 6 heteroatoms. The first-order chi connectivity index (χ1) is 7.42. The van der Waals surface area contributed by atoms with Crippen molar-refractivity contribution in [3.8, 4) is 5.75 Å². The summed E-state index contributed by atoms with van der Waals surface area (Å²) in [6, 6.07) is 5.40. The fourth-order valence-corrected chi connectivity index (χ4v) is 1.09. The van der Waals surface area contributed by atoms with Crippen LogP contribution in [0.3, 0.4) is 0 Å². The predicted molar refractivity (Wildman–Crippen MR) is 51.4 cm³/mol. The Morgan fingerprint density at radius 2 is 2.00 bits per heavy atom. The van der Waals surface area contributed by atoms with Crippen LogP contribution in [0, 0.1) is 0 Å². The van der Waals surface area contributed by atoms with Crippen LogP contribution in [0.5, 0.6) is 5.75 Å². The van der Waals surface area contributed by atoms with Gasteiger partial charge in [0, 0.05) is 5.56 Å². The first-order valence-corrected chi connectivity index (χ1v) is 4.25. The molecule has 1 aromatic rings. The molecule has 0 saturated heterocycles. The third-order valence-electron chi connectivity index (χ3n) is 1.72. The molecule has 0 N–H and O–H groups in total. The van der Waals surface area contributed by atoms with Crippen LogP contribution < -0.4 is 4.74 Å². The highest BCUT2D eigenvalue weighted by atomic mass is 19.4. The molecule has 0 aliphatic carbocycles. The molecule has 0 aromatic heterocycles. The van der Waals surface area contributed by atoms with E-state index in [0.717, 1.165) is 6.07 Å². The molecule has 0 bridgehead atoms. The average Bonchev–Trinajstić information content (AvgIpc) is 2.18. The maximum Gasteiger partial charge on any atom is 0.573 e. The molecule has 1 amide bonds. The van der Waals surface area contributed by atoms with Crippen LogP contribution >= 0.6 is 0 Å². The molecule has 0 unspecified atom stereocenters. The van der Waals surface area contributed by atoms with Gasteiger partial charge in [0.15, 0.2) is 0 Å². The van der Waals surface area contributed by atoms with E-state index in [1.165, 1.54) is 18.2 Å². The average molecular weight is 231 g/mol. The van der Waals surface area contributed by atoms with Gasteiger partial charge >= 0.3 is 6.36 Å². The molecule has 0 saturated carbocycles. The monoisotopic (exact) mass is 231 g/mol. The summed E-state index contributed by atoms with van der Waals surface area (Å²) in [6.07, 6.45) is -5.05. The minimum absolute atomic E-state index is 0.122. The van der Waals surface area contributed by atoms with Crippen LogP contribution in [0.1, 0.15) is 5.56 Å². The van der Waals surface area contributed by atoms with Gasteiger partial charge in [0.1, 0.15) is 5.75 Å². The maximum absolute atomic E-state index is 12.0. The maximum atomic E-state index is 12.0. The van der Waals surface area contributed by atoms with Gasteiger partial charge in [-0.15, -0.1) is 13.2 Å². The fraction of sp³-hybridized carbons (Fsp3) is 0.200. The molecule has 0 aliphatic rings. The van der Waals surface area contributed by atoms with E-state index >= 15 is 0 Å². The molecule has 0 heterocycles. The molecular formula is C10H8F3NO2. The second-order valence-corrected chi connectivity index (χ2v) is 2.88. The van der Waals surface area contributed by atoms with Gasteiger partial charge in [-0.3, -0.25) is 4.79 Å². The van der Waals surface area contributed by atoms with E-state index in [1.54, 1.807) is 0 Å². The summed E-state index contributed by atoms with van der Waals surface area (Å²) >= 11 is 0. The van der Waals surface area contributed by atoms with E-state index in [0.29, 0.717) is 0 Å². The number of hydrogen-bond acceptors (Lipinski definition) is 2. The molecule has 86 valence electrons. The van der Waals surface area contributed by atoms with Crippen LogP contribution in [0.15, 0.2) is 29.3 Å². The first kappa shape index (κ1) is 12.2. The van der Waals surface area contributed by atoms with Crippen molar-refractivity contribution in [2.45, 2.75) is 12.8 Å². The summed E-state index contributed by atoms with van der Waals surface area (Å²) in [5.41, 5.74) is 0.122. The number of benzene rings is 1. The first-order valence-electron chi connectivity index (χ1n) is 4.25. The van der Waals surface area contributed by atoms with Crippen molar-refractivity contribution in [2.75, 3.05) is 0 Å². The second kappa shape index (κ2) is 4.78. The summed E-state index contributed by atoms with van der Waals surface area (Å²) in [5, 5.41) is 0. The molecule has 0 aliphatic heterocycles. The van der Waals surface area contributed by atoms with Crippen molar-refractivity contribution < 1.29 is 22.7 Å². The van der Waals surface area contributed by atoms with Gasteiger partial charge in [0.2, 0.25) is 5.91 Å². The summed E-state index contributed by atoms with van der Waals surface area (Å²) in [4.78, 5) is 14.0. The van der Waals surface area contributed by atoms with E-state index in [2.05, 4.69) is 16.4 Å². The van der Waals surface area contributed by atoms with Crippen molar-refractivity contribution >= 4 is 12.6 Å². The number of aliphatic imine (C=N–C) groups is 1. The van der Waals surface area contributed by atoms with Gasteiger partial charge < -0.3 is 4.74 Å². The molecule has 16 heavy (non-hydrogen) atoms. The quantitative estimate of drug-likeness (QED) is 0.749. The van der Waals surface area contributed by atoms with Crippen LogP contribution in [0.25, 0.3) is 0 Å². The van der Waals surface area contributed by atoms with E-state index in [4.69, 9.17) is 0 Å². The second-order valence-electron chi connectivity index (χ2n) is 2.88. The smallest absolute Gasteiger partial charge is 0.405 e. The summed E-state index contributed by atoms with van der Waals surface area (Å²) in [5.74, 6) is -1.01. The van der Waals surface area contributed by atoms with Crippen LogP contribution in [-0.2, 0) is 11.2 Å². The Labute approximate surface area is 89.6 Å². The number of para-hydroxylation sites is 1. The lowest BCUT2D eigenvalue weighted by Crippen LogP contribution is -2.18. The van der Waals surface area contributed by atoms with Crippen molar-refractivity contribution in [2.24, 2.45) is 4.99 Å². The van der Waals surface area contributed by atoms with E-state index in [9.17, 15) is 18.0 Å². The predicted octanol–water partition coefficient (Wildman–Crippen LogP) is 2.35. The highest BCUT2D eigenvalue weighted by molar-refractivity contribution is 5.83. The van der Waals surface area contributed by atoms with E-state index in [-0.39, 0.29) is 12.0 Å². The van der Waals surface area contributed by atoms with Crippen LogP contribution in [0.4, 0.5) is 13.2 Å². The van der Waals surface area contributed by atoms with E-state index < -0.39 is 18.0 Å². The van der Waals surface area contributed by atoms with Gasteiger partial charge in [-0.2, -0.15) is 0 Å². The third-order valence-corrected chi connectivity index (χ3v) is 1.72. The van der Waals surface area contributed by atoms with Crippen LogP contribution in [0.2, 0.25) is 0 Å². The highest BCUT2D eigenvalue weighted by Gasteiger charge is 2.32. The number of ether oxygens (including phenoxy) is 1. The van der Waals surface area contributed by atoms with Crippen molar-refractivity contribution in [1.82, 2.24) is 0 Å². The summed E-state index contributed by atoms with van der Waals surface area (Å²) < 4.78 is 39.8. The molecule has 0 radical (unpaired) electrons. The molecule has 3 nitrogen and oxygen atoms in total. The Hall–Kier alpha value is -1.85. The highest BCUT2D eigenvalue weighted by Crippen LogP contribution is 2.26. The Kier molecular flexibility index (Phi) is 3.65. The van der Waals surface area contributed by atoms with Crippen molar-refractivity contribution in [3.05, 3.63) is 29.8 Å². The summed E-state index contributed by atoms with van der Waals surface area (Å²) in [7, 11) is 0. The Balaban J connectivity index is 2.91. The third kappa shape index (κ3) is 3.72. The molecular weight excluding hydrogens is 223 g/mol. The lowest BCUT2D eigenvalue weighted by atomic mass is 10.1. The van der Waals surface area contributed by atoms with Gasteiger partial charge in [0.05, 0.1) is 6.42 Å². The molecule has 1 rings (SSSR count). The van der Waals surface area contributed by atoms with Gasteiger partial charge in [0.25, 0.3) is 0 Å². The number of amides is 1. The van der Waals surface area contributed by atoms with E-state index in [1.807, 2.05) is 0 Å². The minimum Gasteiger partial charge on any atom is -0.405 e. The van der Waals surface area contributed by atoms with Crippen molar-refractivity contribution in [1.29, 1.82) is 0 Å². The Morgan fingerprint density at radius 3 is 2.56 bits per heavy atom. The zero-order valence-electron chi connectivity index (χ0n) is 8.12. The molecule has 0 fully saturated rings. The molecule has 1 aromatic carbocycles. The molecule has 0 spiro atoms. The number of hydrogen-bond donors (Lipinski definition) is 0. The SMILES string of the molecule is C=NC(=O)Cc1ccccc1OC(F)(F)F. The topological polar surface area (TPSA) is 38.7 Å².